The predicted octanol–water partition coefficient (Wildman–Crippen LogP) is 0.0977. The molecule has 0 unspecified atom stereocenters. The number of nitrogens with one attached hydrogen (secondary N) is 1. The second-order valence-corrected chi connectivity index (χ2v) is 4.02. The second-order valence-electron chi connectivity index (χ2n) is 4.02. The molecule has 0 saturated carbocycles. The van der Waals surface area contributed by atoms with Gasteiger partial charge in [-0.3, -0.25) is 4.79 Å². The molecule has 1 aliphatic rings. The molecule has 1 aromatic heterocycles. The van der Waals surface area contributed by atoms with Crippen LogP contribution in [0.1, 0.15) is 17.3 Å². The van der Waals surface area contributed by atoms with Gasteiger partial charge in [0.05, 0.1) is 5.56 Å². The van der Waals surface area contributed by atoms with Crippen LogP contribution in [-0.4, -0.2) is 41.5 Å². The Morgan fingerprint density at radius 2 is 2.44 bits per heavy atom. The van der Waals surface area contributed by atoms with E-state index < -0.39 is 0 Å². The van der Waals surface area contributed by atoms with E-state index in [-0.39, 0.29) is 11.9 Å². The smallest absolute Gasteiger partial charge is 0.255 e. The van der Waals surface area contributed by atoms with Crippen LogP contribution < -0.4 is 11.1 Å². The fraction of sp³-hybridized carbons (Fsp3) is 0.455. The van der Waals surface area contributed by atoms with Crippen molar-refractivity contribution in [2.45, 2.75) is 13.0 Å². The van der Waals surface area contributed by atoms with Crippen molar-refractivity contribution < 1.29 is 4.79 Å². The molecule has 1 fully saturated rings. The third-order valence-electron chi connectivity index (χ3n) is 2.80. The summed E-state index contributed by atoms with van der Waals surface area (Å²) in [6.07, 6.45) is 1.53. The number of piperazine rings is 1. The van der Waals surface area contributed by atoms with Crippen LogP contribution in [0.4, 0.5) is 5.82 Å². The molecule has 5 nitrogen and oxygen atoms in total. The number of nitrogens with two attached hydrogens (primary N) is 1. The summed E-state index contributed by atoms with van der Waals surface area (Å²) >= 11 is 0. The highest BCUT2D eigenvalue weighted by molar-refractivity contribution is 5.94. The maximum Gasteiger partial charge on any atom is 0.255 e. The molecule has 1 amide bonds. The van der Waals surface area contributed by atoms with E-state index in [9.17, 15) is 4.79 Å². The van der Waals surface area contributed by atoms with Gasteiger partial charge in [0.1, 0.15) is 5.82 Å². The van der Waals surface area contributed by atoms with Gasteiger partial charge >= 0.3 is 0 Å². The molecule has 1 aromatic rings. The van der Waals surface area contributed by atoms with Crippen LogP contribution in [0.2, 0.25) is 0 Å². The van der Waals surface area contributed by atoms with Crippen LogP contribution in [0.15, 0.2) is 18.3 Å². The third kappa shape index (κ3) is 2.14. The van der Waals surface area contributed by atoms with Gasteiger partial charge in [-0.05, 0) is 19.1 Å². The zero-order valence-corrected chi connectivity index (χ0v) is 9.31. The summed E-state index contributed by atoms with van der Waals surface area (Å²) in [5.74, 6) is 0.464. The minimum absolute atomic E-state index is 0.0292. The number of carbonyl (C=O) groups excluding carboxylic acids is 1. The van der Waals surface area contributed by atoms with E-state index in [0.29, 0.717) is 11.4 Å². The maximum absolute atomic E-state index is 12.1. The summed E-state index contributed by atoms with van der Waals surface area (Å²) in [6, 6.07) is 3.60. The average Bonchev–Trinajstić information content (AvgIpc) is 2.30. The molecular weight excluding hydrogens is 204 g/mol. The molecule has 0 bridgehead atoms. The Morgan fingerprint density at radius 3 is 3.06 bits per heavy atom. The summed E-state index contributed by atoms with van der Waals surface area (Å²) in [5.41, 5.74) is 6.09. The number of aromatic nitrogens is 1. The molecule has 5 heteroatoms. The molecule has 0 aromatic carbocycles. The fourth-order valence-corrected chi connectivity index (χ4v) is 1.84. The third-order valence-corrected chi connectivity index (χ3v) is 2.80. The molecule has 0 radical (unpaired) electrons. The Morgan fingerprint density at radius 1 is 1.62 bits per heavy atom. The molecule has 3 N–H and O–H groups in total. The minimum atomic E-state index is 0.0292. The highest BCUT2D eigenvalue weighted by atomic mass is 16.2. The maximum atomic E-state index is 12.1. The Hall–Kier alpha value is -1.62. The number of hydrogen-bond acceptors (Lipinski definition) is 4. The van der Waals surface area contributed by atoms with E-state index in [1.807, 2.05) is 11.8 Å². The number of hydrogen-bond donors (Lipinski definition) is 2. The molecule has 1 atom stereocenters. The second kappa shape index (κ2) is 4.49. The standard InChI is InChI=1S/C11H16N4O/c1-8-6-13-4-5-15(8)11(16)9-2-3-10(12)14-7-9/h2-3,7-8,13H,4-6H2,1H3,(H2,12,14)/t8-/m0/s1. The lowest BCUT2D eigenvalue weighted by molar-refractivity contribution is 0.0655. The first-order chi connectivity index (χ1) is 7.68. The van der Waals surface area contributed by atoms with Gasteiger partial charge in [-0.15, -0.1) is 0 Å². The van der Waals surface area contributed by atoms with Crippen LogP contribution in [0.25, 0.3) is 0 Å². The van der Waals surface area contributed by atoms with Gasteiger partial charge in [0, 0.05) is 31.9 Å². The van der Waals surface area contributed by atoms with E-state index >= 15 is 0 Å². The SMILES string of the molecule is C[C@H]1CNCCN1C(=O)c1ccc(N)nc1. The van der Waals surface area contributed by atoms with Gasteiger partial charge < -0.3 is 16.0 Å². The highest BCUT2D eigenvalue weighted by Crippen LogP contribution is 2.10. The topological polar surface area (TPSA) is 71.2 Å². The number of carbonyl (C=O) groups is 1. The molecule has 0 spiro atoms. The van der Waals surface area contributed by atoms with Crippen LogP contribution >= 0.6 is 0 Å². The Bertz CT molecular complexity index is 376. The van der Waals surface area contributed by atoms with Gasteiger partial charge in [-0.2, -0.15) is 0 Å². The lowest BCUT2D eigenvalue weighted by Gasteiger charge is -2.33. The molecule has 16 heavy (non-hydrogen) atoms. The number of anilines is 1. The molecule has 2 rings (SSSR count). The van der Waals surface area contributed by atoms with E-state index in [2.05, 4.69) is 10.3 Å². The lowest BCUT2D eigenvalue weighted by Crippen LogP contribution is -2.52. The Kier molecular flexibility index (Phi) is 3.05. The first-order valence-corrected chi connectivity index (χ1v) is 5.41. The molecule has 0 aliphatic carbocycles. The van der Waals surface area contributed by atoms with Crippen molar-refractivity contribution in [2.75, 3.05) is 25.4 Å². The molecular formula is C11H16N4O. The van der Waals surface area contributed by atoms with Crippen molar-refractivity contribution in [1.29, 1.82) is 0 Å². The van der Waals surface area contributed by atoms with Gasteiger partial charge in [0.2, 0.25) is 0 Å². The summed E-state index contributed by atoms with van der Waals surface area (Å²) < 4.78 is 0. The quantitative estimate of drug-likeness (QED) is 0.704. The number of pyridine rings is 1. The summed E-state index contributed by atoms with van der Waals surface area (Å²) in [4.78, 5) is 17.9. The van der Waals surface area contributed by atoms with E-state index in [1.54, 1.807) is 12.1 Å². The van der Waals surface area contributed by atoms with E-state index in [0.717, 1.165) is 19.6 Å². The van der Waals surface area contributed by atoms with Crippen molar-refractivity contribution in [1.82, 2.24) is 15.2 Å². The number of amides is 1. The van der Waals surface area contributed by atoms with Crippen molar-refractivity contribution in [3.63, 3.8) is 0 Å². The number of rotatable bonds is 1. The van der Waals surface area contributed by atoms with Gasteiger partial charge in [-0.25, -0.2) is 4.98 Å². The molecule has 2 heterocycles. The monoisotopic (exact) mass is 220 g/mol. The van der Waals surface area contributed by atoms with Gasteiger partial charge in [0.15, 0.2) is 0 Å². The first kappa shape index (κ1) is 10.9. The van der Waals surface area contributed by atoms with Crippen molar-refractivity contribution in [2.24, 2.45) is 0 Å². The van der Waals surface area contributed by atoms with Crippen LogP contribution in [0.5, 0.6) is 0 Å². The molecule has 1 saturated heterocycles. The van der Waals surface area contributed by atoms with E-state index in [4.69, 9.17) is 5.73 Å². The van der Waals surface area contributed by atoms with Crippen molar-refractivity contribution in [3.05, 3.63) is 23.9 Å². The van der Waals surface area contributed by atoms with Gasteiger partial charge in [-0.1, -0.05) is 0 Å². The molecule has 86 valence electrons. The zero-order chi connectivity index (χ0) is 11.5. The summed E-state index contributed by atoms with van der Waals surface area (Å²) in [5, 5.41) is 3.25. The summed E-state index contributed by atoms with van der Waals surface area (Å²) in [6.45, 7) is 4.46. The highest BCUT2D eigenvalue weighted by Gasteiger charge is 2.23. The minimum Gasteiger partial charge on any atom is -0.384 e. The normalized spacial score (nSPS) is 20.8. The van der Waals surface area contributed by atoms with E-state index in [1.165, 1.54) is 6.20 Å². The Balaban J connectivity index is 2.14. The van der Waals surface area contributed by atoms with Crippen LogP contribution in [0.3, 0.4) is 0 Å². The van der Waals surface area contributed by atoms with Crippen molar-refractivity contribution in [3.8, 4) is 0 Å². The largest absolute Gasteiger partial charge is 0.384 e. The lowest BCUT2D eigenvalue weighted by atomic mass is 10.1. The fourth-order valence-electron chi connectivity index (χ4n) is 1.84. The number of nitrogens with zero attached hydrogens (tertiary/aromatic N) is 2. The van der Waals surface area contributed by atoms with Gasteiger partial charge in [0.25, 0.3) is 5.91 Å². The van der Waals surface area contributed by atoms with Crippen LogP contribution in [0, 0.1) is 0 Å². The van der Waals surface area contributed by atoms with Crippen LogP contribution in [-0.2, 0) is 0 Å². The predicted molar refractivity (Wildman–Crippen MR) is 62.0 cm³/mol. The first-order valence-electron chi connectivity index (χ1n) is 5.41. The number of nitrogen functional groups attached to an aromatic ring is 1. The van der Waals surface area contributed by atoms with Crippen molar-refractivity contribution >= 4 is 11.7 Å². The summed E-state index contributed by atoms with van der Waals surface area (Å²) in [7, 11) is 0. The molecule has 1 aliphatic heterocycles. The zero-order valence-electron chi connectivity index (χ0n) is 9.31. The average molecular weight is 220 g/mol. The Labute approximate surface area is 94.6 Å².